The van der Waals surface area contributed by atoms with Crippen LogP contribution in [0.25, 0.3) is 0 Å². The van der Waals surface area contributed by atoms with E-state index in [4.69, 9.17) is 16.3 Å². The Hall–Kier alpha value is -5.84. The lowest BCUT2D eigenvalue weighted by Gasteiger charge is -2.19. The minimum Gasteiger partial charge on any atom is -0.480 e. The van der Waals surface area contributed by atoms with Gasteiger partial charge in [-0.15, -0.1) is 0 Å². The molecule has 0 aliphatic heterocycles. The topological polar surface area (TPSA) is 197 Å². The van der Waals surface area contributed by atoms with Crippen LogP contribution >= 0.6 is 11.6 Å². The van der Waals surface area contributed by atoms with Crippen molar-refractivity contribution in [3.05, 3.63) is 94.8 Å². The highest BCUT2D eigenvalue weighted by molar-refractivity contribution is 6.36. The number of hydrogen-bond donors (Lipinski definition) is 5. The Labute approximate surface area is 293 Å². The van der Waals surface area contributed by atoms with Crippen LogP contribution in [-0.2, 0) is 26.3 Å². The van der Waals surface area contributed by atoms with Gasteiger partial charge in [0.1, 0.15) is 6.04 Å². The molecular formula is C33H30ClF3N8O6. The Kier molecular flexibility index (Phi) is 11.3. The van der Waals surface area contributed by atoms with Gasteiger partial charge in [-0.25, -0.2) is 4.79 Å². The first-order chi connectivity index (χ1) is 24.3. The summed E-state index contributed by atoms with van der Waals surface area (Å²) in [6.45, 7) is -1.83. The molecule has 0 radical (unpaired) electrons. The van der Waals surface area contributed by atoms with Gasteiger partial charge in [0.15, 0.2) is 6.61 Å². The highest BCUT2D eigenvalue weighted by Crippen LogP contribution is 2.48. The summed E-state index contributed by atoms with van der Waals surface area (Å²) < 4.78 is 43.5. The zero-order valence-electron chi connectivity index (χ0n) is 26.5. The zero-order chi connectivity index (χ0) is 36.6. The molecule has 0 spiro atoms. The molecule has 5 N–H and O–H groups in total. The summed E-state index contributed by atoms with van der Waals surface area (Å²) >= 11 is 6.01. The summed E-state index contributed by atoms with van der Waals surface area (Å²) in [6.07, 6.45) is -2.18. The van der Waals surface area contributed by atoms with Gasteiger partial charge in [-0.2, -0.15) is 28.1 Å². The molecule has 2 aromatic heterocycles. The number of benzene rings is 2. The number of hydrogen-bond acceptors (Lipinski definition) is 11. The quantitative estimate of drug-likeness (QED) is 0.103. The number of carbonyl (C=O) groups is 4. The van der Waals surface area contributed by atoms with Crippen molar-refractivity contribution in [3.63, 3.8) is 0 Å². The maximum atomic E-state index is 12.9. The number of nitrogens with zero attached hydrogens (tertiary/aromatic N) is 4. The monoisotopic (exact) mass is 726 g/mol. The number of Topliss-reactive ketones (excluding diaryl/α,β-unsaturated/α-hetero) is 1. The number of nitrogens with one attached hydrogen (secondary N) is 4. The molecule has 0 unspecified atom stereocenters. The van der Waals surface area contributed by atoms with E-state index < -0.39 is 53.9 Å². The second-order valence-electron chi connectivity index (χ2n) is 11.4. The molecule has 266 valence electrons. The van der Waals surface area contributed by atoms with Crippen LogP contribution in [0.5, 0.6) is 6.01 Å². The standard InChI is InChI=1S/C33H30ClF3N8O6/c34-21-8-6-20(7-9-21)32(13-14-32)45-30-42-29(43-31(44-30)51-18-33(35,36)37)40-22-10-4-19(5-11-22)26(47)41-24(28(49)50)12-16-39-27(48)25(46)17-23-3-1-2-15-38-23/h1-11,15,24H,12-14,16-18H2,(H,39,48)(H,41,47)(H,49,50)(H2,40,42,43,44,45)/t24-/m0/s1. The van der Waals surface area contributed by atoms with Gasteiger partial charge in [-0.3, -0.25) is 19.4 Å². The Morgan fingerprint density at radius 1 is 0.941 bits per heavy atom. The van der Waals surface area contributed by atoms with Gasteiger partial charge in [0.2, 0.25) is 17.7 Å². The lowest BCUT2D eigenvalue weighted by Crippen LogP contribution is -2.43. The van der Waals surface area contributed by atoms with E-state index in [9.17, 15) is 37.5 Å². The maximum Gasteiger partial charge on any atom is 0.422 e. The van der Waals surface area contributed by atoms with E-state index in [1.165, 1.54) is 30.5 Å². The van der Waals surface area contributed by atoms with Crippen molar-refractivity contribution >= 4 is 52.8 Å². The predicted octanol–water partition coefficient (Wildman–Crippen LogP) is 4.21. The Balaban J connectivity index is 1.20. The van der Waals surface area contributed by atoms with Crippen molar-refractivity contribution in [1.29, 1.82) is 0 Å². The number of halogens is 4. The van der Waals surface area contributed by atoms with Crippen molar-refractivity contribution in [3.8, 4) is 6.01 Å². The number of rotatable bonds is 16. The normalized spacial score (nSPS) is 13.7. The molecule has 18 heteroatoms. The SMILES string of the molecule is O=C(Cc1ccccn1)C(=O)NCC[C@H](NC(=O)c1ccc(Nc2nc(NC3(c4ccc(Cl)cc4)CC3)nc(OCC(F)(F)F)n2)cc1)C(=O)O. The molecule has 1 aliphatic carbocycles. The zero-order valence-corrected chi connectivity index (χ0v) is 27.3. The minimum absolute atomic E-state index is 0.0402. The number of ether oxygens (including phenoxy) is 1. The number of aromatic nitrogens is 4. The van der Waals surface area contributed by atoms with E-state index in [0.29, 0.717) is 29.2 Å². The van der Waals surface area contributed by atoms with E-state index in [-0.39, 0.29) is 36.8 Å². The van der Waals surface area contributed by atoms with Gasteiger partial charge >= 0.3 is 18.2 Å². The molecule has 51 heavy (non-hydrogen) atoms. The van der Waals surface area contributed by atoms with Crippen LogP contribution in [0.3, 0.4) is 0 Å². The number of alkyl halides is 3. The number of anilines is 3. The number of pyridine rings is 1. The van der Waals surface area contributed by atoms with Crippen LogP contribution in [-0.4, -0.2) is 74.0 Å². The fourth-order valence-electron chi connectivity index (χ4n) is 4.78. The van der Waals surface area contributed by atoms with E-state index in [1.54, 1.807) is 30.3 Å². The van der Waals surface area contributed by atoms with Gasteiger partial charge in [-0.05, 0) is 73.4 Å². The molecule has 1 atom stereocenters. The fourth-order valence-corrected chi connectivity index (χ4v) is 4.91. The maximum absolute atomic E-state index is 12.9. The molecule has 0 bridgehead atoms. The third-order valence-electron chi connectivity index (χ3n) is 7.52. The number of ketones is 1. The fraction of sp³-hybridized carbons (Fsp3) is 0.273. The van der Waals surface area contributed by atoms with Crippen LogP contribution in [0.1, 0.15) is 40.9 Å². The van der Waals surface area contributed by atoms with Crippen LogP contribution in [0, 0.1) is 0 Å². The number of carboxylic acid groups (broad SMARTS) is 1. The number of carbonyl (C=O) groups excluding carboxylic acids is 3. The van der Waals surface area contributed by atoms with E-state index in [1.807, 2.05) is 12.1 Å². The molecule has 14 nitrogen and oxygen atoms in total. The molecule has 2 heterocycles. The molecule has 1 saturated carbocycles. The highest BCUT2D eigenvalue weighted by atomic mass is 35.5. The predicted molar refractivity (Wildman–Crippen MR) is 177 cm³/mol. The van der Waals surface area contributed by atoms with Crippen LogP contribution in [0.15, 0.2) is 72.9 Å². The molecule has 1 aliphatic rings. The van der Waals surface area contributed by atoms with Gasteiger partial charge in [0.25, 0.3) is 11.8 Å². The molecule has 4 aromatic rings. The number of carboxylic acids is 1. The summed E-state index contributed by atoms with van der Waals surface area (Å²) in [5.74, 6) is -3.95. The Bertz CT molecular complexity index is 1880. The third-order valence-corrected chi connectivity index (χ3v) is 7.78. The number of amides is 2. The van der Waals surface area contributed by atoms with Crippen molar-refractivity contribution < 1.29 is 42.2 Å². The third kappa shape index (κ3) is 10.6. The summed E-state index contributed by atoms with van der Waals surface area (Å²) in [5.41, 5.74) is 1.14. The van der Waals surface area contributed by atoms with E-state index in [0.717, 1.165) is 5.56 Å². The largest absolute Gasteiger partial charge is 0.480 e. The first kappa shape index (κ1) is 36.4. The summed E-state index contributed by atoms with van der Waals surface area (Å²) in [7, 11) is 0. The van der Waals surface area contributed by atoms with Gasteiger partial charge in [-0.1, -0.05) is 29.8 Å². The molecule has 2 amide bonds. The van der Waals surface area contributed by atoms with Gasteiger partial charge in [0, 0.05) is 34.7 Å². The first-order valence-corrected chi connectivity index (χ1v) is 15.8. The molecule has 5 rings (SSSR count). The molecule has 2 aromatic carbocycles. The highest BCUT2D eigenvalue weighted by Gasteiger charge is 2.45. The second kappa shape index (κ2) is 15.8. The summed E-state index contributed by atoms with van der Waals surface area (Å²) in [5, 5.41) is 20.9. The average Bonchev–Trinajstić information content (AvgIpc) is 3.87. The molecular weight excluding hydrogens is 697 g/mol. The Morgan fingerprint density at radius 2 is 1.65 bits per heavy atom. The van der Waals surface area contributed by atoms with Gasteiger partial charge in [0.05, 0.1) is 12.0 Å². The van der Waals surface area contributed by atoms with Crippen molar-refractivity contribution in [2.45, 2.75) is 43.4 Å². The average molecular weight is 727 g/mol. The van der Waals surface area contributed by atoms with Crippen LogP contribution in [0.4, 0.5) is 30.8 Å². The lowest BCUT2D eigenvalue weighted by molar-refractivity contribution is -0.154. The van der Waals surface area contributed by atoms with Crippen molar-refractivity contribution in [1.82, 2.24) is 30.6 Å². The lowest BCUT2D eigenvalue weighted by atomic mass is 10.1. The van der Waals surface area contributed by atoms with Gasteiger partial charge < -0.3 is 31.1 Å². The molecule has 0 saturated heterocycles. The van der Waals surface area contributed by atoms with Crippen LogP contribution < -0.4 is 26.0 Å². The van der Waals surface area contributed by atoms with Crippen molar-refractivity contribution in [2.75, 3.05) is 23.8 Å². The molecule has 1 fully saturated rings. The van der Waals surface area contributed by atoms with E-state index >= 15 is 0 Å². The summed E-state index contributed by atoms with van der Waals surface area (Å²) in [4.78, 5) is 65.2. The van der Waals surface area contributed by atoms with E-state index in [2.05, 4.69) is 41.2 Å². The Morgan fingerprint density at radius 3 is 2.27 bits per heavy atom. The van der Waals surface area contributed by atoms with Crippen LogP contribution in [0.2, 0.25) is 5.02 Å². The first-order valence-electron chi connectivity index (χ1n) is 15.4. The van der Waals surface area contributed by atoms with Crippen molar-refractivity contribution in [2.24, 2.45) is 0 Å². The number of aliphatic carboxylic acids is 1. The second-order valence-corrected chi connectivity index (χ2v) is 11.9. The summed E-state index contributed by atoms with van der Waals surface area (Å²) in [6, 6.07) is 15.7. The minimum atomic E-state index is -4.64. The smallest absolute Gasteiger partial charge is 0.422 e.